The normalized spacial score (nSPS) is 24.8. The van der Waals surface area contributed by atoms with E-state index in [4.69, 9.17) is 9.72 Å². The van der Waals surface area contributed by atoms with Crippen LogP contribution in [0.2, 0.25) is 0 Å². The number of hydrogen-bond acceptors (Lipinski definition) is 4. The highest BCUT2D eigenvalue weighted by Crippen LogP contribution is 2.59. The van der Waals surface area contributed by atoms with Crippen LogP contribution in [0.5, 0.6) is 0 Å². The van der Waals surface area contributed by atoms with Crippen LogP contribution in [0.25, 0.3) is 0 Å². The predicted molar refractivity (Wildman–Crippen MR) is 134 cm³/mol. The first kappa shape index (κ1) is 23.5. The van der Waals surface area contributed by atoms with Crippen LogP contribution in [0, 0.1) is 16.7 Å². The number of rotatable bonds is 3. The van der Waals surface area contributed by atoms with Gasteiger partial charge in [0.15, 0.2) is 0 Å². The first-order valence-electron chi connectivity index (χ1n) is 12.9. The van der Waals surface area contributed by atoms with Crippen molar-refractivity contribution in [3.05, 3.63) is 63.5 Å². The topological polar surface area (TPSA) is 66.1 Å². The summed E-state index contributed by atoms with van der Waals surface area (Å²) in [5.74, 6) is 0.265. The Morgan fingerprint density at radius 3 is 2.35 bits per heavy atom. The van der Waals surface area contributed by atoms with Crippen molar-refractivity contribution in [3.8, 4) is 6.07 Å². The van der Waals surface area contributed by atoms with Gasteiger partial charge in [0.25, 0.3) is 0 Å². The molecule has 1 saturated carbocycles. The van der Waals surface area contributed by atoms with Crippen molar-refractivity contribution in [3.63, 3.8) is 0 Å². The lowest BCUT2D eigenvalue weighted by Crippen LogP contribution is -2.32. The standard InChI is InChI=1S/C30H38N2O2/c1-18(2)26-24-25(23-21(32-26)15-28(3,4)16-22(23)33)30(13-7-8-14-30)34-27(24)19-9-11-20(12-10-19)29(5,6)17-31/h9-12,18,22,27,33H,7-8,13-16H2,1-6H3/t22-,27-/m0/s1. The third-order valence-electron chi connectivity index (χ3n) is 8.34. The summed E-state index contributed by atoms with van der Waals surface area (Å²) in [5, 5.41) is 21.0. The molecular formula is C30H38N2O2. The second-order valence-corrected chi connectivity index (χ2v) is 12.4. The first-order valence-corrected chi connectivity index (χ1v) is 12.9. The van der Waals surface area contributed by atoms with Crippen molar-refractivity contribution >= 4 is 0 Å². The molecular weight excluding hydrogens is 420 g/mol. The molecule has 4 nitrogen and oxygen atoms in total. The number of benzene rings is 1. The minimum Gasteiger partial charge on any atom is -0.388 e. The minimum absolute atomic E-state index is 0.0347. The summed E-state index contributed by atoms with van der Waals surface area (Å²) in [7, 11) is 0. The van der Waals surface area contributed by atoms with E-state index >= 15 is 0 Å². The lowest BCUT2D eigenvalue weighted by atomic mass is 9.70. The average molecular weight is 459 g/mol. The Morgan fingerprint density at radius 1 is 1.12 bits per heavy atom. The number of ether oxygens (including phenoxy) is 1. The molecule has 4 heteroatoms. The summed E-state index contributed by atoms with van der Waals surface area (Å²) in [6.45, 7) is 12.8. The van der Waals surface area contributed by atoms with Gasteiger partial charge in [-0.25, -0.2) is 0 Å². The second-order valence-electron chi connectivity index (χ2n) is 12.4. The molecule has 0 unspecified atom stereocenters. The van der Waals surface area contributed by atoms with E-state index in [1.807, 2.05) is 13.8 Å². The van der Waals surface area contributed by atoms with Gasteiger partial charge >= 0.3 is 0 Å². The molecule has 0 radical (unpaired) electrons. The van der Waals surface area contributed by atoms with Crippen LogP contribution >= 0.6 is 0 Å². The average Bonchev–Trinajstić information content (AvgIpc) is 3.38. The number of nitrogens with zero attached hydrogens (tertiary/aromatic N) is 2. The molecule has 1 aromatic heterocycles. The van der Waals surface area contributed by atoms with E-state index in [-0.39, 0.29) is 23.0 Å². The molecule has 0 amide bonds. The van der Waals surface area contributed by atoms with Crippen molar-refractivity contribution in [2.75, 3.05) is 0 Å². The Labute approximate surface area is 204 Å². The number of aliphatic hydroxyl groups is 1. The van der Waals surface area contributed by atoms with Gasteiger partial charge < -0.3 is 9.84 Å². The van der Waals surface area contributed by atoms with Gasteiger partial charge in [0, 0.05) is 22.5 Å². The summed E-state index contributed by atoms with van der Waals surface area (Å²) in [6.07, 6.45) is 5.26. The lowest BCUT2D eigenvalue weighted by molar-refractivity contribution is -0.0580. The Balaban J connectivity index is 1.72. The van der Waals surface area contributed by atoms with E-state index in [9.17, 15) is 10.4 Å². The van der Waals surface area contributed by atoms with E-state index in [1.165, 1.54) is 11.1 Å². The molecule has 2 aliphatic carbocycles. The zero-order chi connectivity index (χ0) is 24.5. The van der Waals surface area contributed by atoms with E-state index in [1.54, 1.807) is 0 Å². The molecule has 2 atom stereocenters. The molecule has 2 heterocycles. The Kier molecular flexibility index (Phi) is 5.47. The zero-order valence-corrected chi connectivity index (χ0v) is 21.5. The predicted octanol–water partition coefficient (Wildman–Crippen LogP) is 6.90. The molecule has 1 spiro atoms. The van der Waals surface area contributed by atoms with Crippen molar-refractivity contribution in [2.45, 2.75) is 109 Å². The Bertz CT molecular complexity index is 1150. The number of aliphatic hydroxyl groups excluding tert-OH is 1. The fourth-order valence-electron chi connectivity index (χ4n) is 6.56. The highest BCUT2D eigenvalue weighted by molar-refractivity contribution is 5.54. The van der Waals surface area contributed by atoms with Gasteiger partial charge in [-0.1, -0.05) is 64.8 Å². The minimum atomic E-state index is -0.527. The maximum absolute atomic E-state index is 11.4. The maximum atomic E-state index is 11.4. The van der Waals surface area contributed by atoms with Crippen molar-refractivity contribution in [2.24, 2.45) is 5.41 Å². The van der Waals surface area contributed by atoms with Gasteiger partial charge in [0.2, 0.25) is 0 Å². The summed E-state index contributed by atoms with van der Waals surface area (Å²) >= 11 is 0. The van der Waals surface area contributed by atoms with Gasteiger partial charge in [-0.3, -0.25) is 4.98 Å². The second kappa shape index (κ2) is 7.90. The monoisotopic (exact) mass is 458 g/mol. The molecule has 34 heavy (non-hydrogen) atoms. The summed E-state index contributed by atoms with van der Waals surface area (Å²) in [4.78, 5) is 5.25. The van der Waals surface area contributed by atoms with Gasteiger partial charge in [-0.05, 0) is 67.6 Å². The maximum Gasteiger partial charge on any atom is 0.111 e. The van der Waals surface area contributed by atoms with Crippen LogP contribution < -0.4 is 0 Å². The van der Waals surface area contributed by atoms with Gasteiger partial charge in [0.1, 0.15) is 6.10 Å². The molecule has 1 aliphatic heterocycles. The molecule has 1 aromatic carbocycles. The van der Waals surface area contributed by atoms with Crippen molar-refractivity contribution < 1.29 is 9.84 Å². The van der Waals surface area contributed by atoms with E-state index in [0.29, 0.717) is 0 Å². The van der Waals surface area contributed by atoms with Crippen molar-refractivity contribution in [1.82, 2.24) is 4.98 Å². The molecule has 3 aliphatic rings. The Hall–Kier alpha value is -2.22. The van der Waals surface area contributed by atoms with E-state index in [2.05, 4.69) is 58.0 Å². The number of fused-ring (bicyclic) bond motifs is 4. The lowest BCUT2D eigenvalue weighted by Gasteiger charge is -2.38. The van der Waals surface area contributed by atoms with Crippen LogP contribution in [-0.2, 0) is 22.2 Å². The van der Waals surface area contributed by atoms with E-state index < -0.39 is 11.5 Å². The third-order valence-corrected chi connectivity index (χ3v) is 8.34. The van der Waals surface area contributed by atoms with Gasteiger partial charge in [-0.15, -0.1) is 0 Å². The van der Waals surface area contributed by atoms with E-state index in [0.717, 1.165) is 66.6 Å². The molecule has 2 aromatic rings. The molecule has 1 fully saturated rings. The largest absolute Gasteiger partial charge is 0.388 e. The SMILES string of the molecule is CC(C)c1nc2c(c3c1[C@H](c1ccc(C(C)(C)C#N)cc1)OC31CCCC1)[C@@H](O)CC(C)(C)C2. The fraction of sp³-hybridized carbons (Fsp3) is 0.600. The summed E-state index contributed by atoms with van der Waals surface area (Å²) < 4.78 is 7.06. The third kappa shape index (κ3) is 3.60. The number of pyridine rings is 1. The van der Waals surface area contributed by atoms with Crippen molar-refractivity contribution in [1.29, 1.82) is 5.26 Å². The van der Waals surface area contributed by atoms with Crippen LogP contribution in [0.4, 0.5) is 0 Å². The highest BCUT2D eigenvalue weighted by atomic mass is 16.5. The van der Waals surface area contributed by atoms with Crippen LogP contribution in [0.1, 0.15) is 131 Å². The Morgan fingerprint density at radius 2 is 1.76 bits per heavy atom. The summed E-state index contributed by atoms with van der Waals surface area (Å²) in [5.41, 5.74) is 7.01. The molecule has 5 rings (SSSR count). The first-order chi connectivity index (χ1) is 16.0. The number of nitriles is 1. The molecule has 1 N–H and O–H groups in total. The molecule has 180 valence electrons. The number of hydrogen-bond donors (Lipinski definition) is 1. The van der Waals surface area contributed by atoms with Gasteiger partial charge in [-0.2, -0.15) is 5.26 Å². The van der Waals surface area contributed by atoms with Crippen LogP contribution in [0.3, 0.4) is 0 Å². The molecule has 0 saturated heterocycles. The van der Waals surface area contributed by atoms with Crippen LogP contribution in [0.15, 0.2) is 24.3 Å². The quantitative estimate of drug-likeness (QED) is 0.543. The zero-order valence-electron chi connectivity index (χ0n) is 21.5. The molecule has 0 bridgehead atoms. The van der Waals surface area contributed by atoms with Crippen LogP contribution in [-0.4, -0.2) is 10.1 Å². The smallest absolute Gasteiger partial charge is 0.111 e. The number of aromatic nitrogens is 1. The van der Waals surface area contributed by atoms with Gasteiger partial charge in [0.05, 0.1) is 23.2 Å². The fourth-order valence-corrected chi connectivity index (χ4v) is 6.56. The summed E-state index contributed by atoms with van der Waals surface area (Å²) in [6, 6.07) is 10.8. The highest BCUT2D eigenvalue weighted by Gasteiger charge is 2.52.